The number of thiazole rings is 1. The van der Waals surface area contributed by atoms with E-state index in [4.69, 9.17) is 26.1 Å². The van der Waals surface area contributed by atoms with Gasteiger partial charge < -0.3 is 20.1 Å². The molecule has 0 aliphatic rings. The summed E-state index contributed by atoms with van der Waals surface area (Å²) >= 11 is 8.25. The molecule has 1 aromatic heterocycles. The molecule has 39 heavy (non-hydrogen) atoms. The van der Waals surface area contributed by atoms with Crippen LogP contribution in [0, 0.1) is 13.8 Å². The van der Waals surface area contributed by atoms with Crippen molar-refractivity contribution in [2.24, 2.45) is 0 Å². The van der Waals surface area contributed by atoms with E-state index in [2.05, 4.69) is 47.9 Å². The maximum Gasteiger partial charge on any atom is 0.262 e. The highest BCUT2D eigenvalue weighted by atomic mass is 35.5. The second-order valence-corrected chi connectivity index (χ2v) is 10.7. The van der Waals surface area contributed by atoms with Crippen LogP contribution in [-0.4, -0.2) is 24.6 Å². The summed E-state index contributed by atoms with van der Waals surface area (Å²) in [6.07, 6.45) is 0. The molecule has 0 atom stereocenters. The highest BCUT2D eigenvalue weighted by molar-refractivity contribution is 7.21. The second kappa shape index (κ2) is 11.8. The van der Waals surface area contributed by atoms with E-state index < -0.39 is 0 Å². The molecule has 2 N–H and O–H groups in total. The maximum absolute atomic E-state index is 12.3. The lowest BCUT2D eigenvalue weighted by Gasteiger charge is -2.15. The Bertz CT molecular complexity index is 1620. The Morgan fingerprint density at radius 1 is 0.897 bits per heavy atom. The van der Waals surface area contributed by atoms with E-state index in [0.717, 1.165) is 32.9 Å². The van der Waals surface area contributed by atoms with Crippen LogP contribution in [0.25, 0.3) is 20.8 Å². The number of benzene rings is 4. The predicted molar refractivity (Wildman–Crippen MR) is 160 cm³/mol. The molecule has 5 rings (SSSR count). The first kappa shape index (κ1) is 26.5. The summed E-state index contributed by atoms with van der Waals surface area (Å²) in [6, 6.07) is 25.6. The fourth-order valence-corrected chi connectivity index (χ4v) is 5.34. The zero-order valence-corrected chi connectivity index (χ0v) is 23.5. The Labute approximate surface area is 236 Å². The molecule has 1 heterocycles. The molecule has 0 saturated carbocycles. The van der Waals surface area contributed by atoms with Crippen LogP contribution < -0.4 is 20.1 Å². The van der Waals surface area contributed by atoms with Crippen molar-refractivity contribution in [3.63, 3.8) is 0 Å². The largest absolute Gasteiger partial charge is 0.493 e. The van der Waals surface area contributed by atoms with Crippen molar-refractivity contribution in [2.75, 3.05) is 24.4 Å². The molecule has 0 spiro atoms. The number of carbonyl (C=O) groups is 1. The smallest absolute Gasteiger partial charge is 0.262 e. The number of methoxy groups -OCH3 is 1. The number of hydrogen-bond acceptors (Lipinski definition) is 6. The molecule has 6 nitrogen and oxygen atoms in total. The summed E-state index contributed by atoms with van der Waals surface area (Å²) in [4.78, 5) is 17.1. The summed E-state index contributed by atoms with van der Waals surface area (Å²) in [5.41, 5.74) is 6.96. The zero-order chi connectivity index (χ0) is 27.4. The molecule has 4 aromatic carbocycles. The van der Waals surface area contributed by atoms with E-state index in [1.54, 1.807) is 24.5 Å². The number of rotatable bonds is 9. The van der Waals surface area contributed by atoms with Gasteiger partial charge in [-0.05, 0) is 79.6 Å². The third kappa shape index (κ3) is 6.50. The minimum atomic E-state index is -0.271. The van der Waals surface area contributed by atoms with Crippen LogP contribution in [0.2, 0.25) is 5.02 Å². The van der Waals surface area contributed by atoms with Gasteiger partial charge in [-0.3, -0.25) is 4.79 Å². The molecule has 0 unspecified atom stereocenters. The van der Waals surface area contributed by atoms with Crippen LogP contribution in [0.5, 0.6) is 11.5 Å². The van der Waals surface area contributed by atoms with Gasteiger partial charge in [-0.25, -0.2) is 4.98 Å². The zero-order valence-electron chi connectivity index (χ0n) is 21.9. The summed E-state index contributed by atoms with van der Waals surface area (Å²) in [5, 5.41) is 7.73. The van der Waals surface area contributed by atoms with Crippen LogP contribution in [0.3, 0.4) is 0 Å². The highest BCUT2D eigenvalue weighted by Gasteiger charge is 2.13. The van der Waals surface area contributed by atoms with Crippen molar-refractivity contribution in [3.8, 4) is 22.1 Å². The highest BCUT2D eigenvalue weighted by Crippen LogP contribution is 2.34. The summed E-state index contributed by atoms with van der Waals surface area (Å²) in [7, 11) is 1.56. The van der Waals surface area contributed by atoms with E-state index in [1.165, 1.54) is 10.3 Å². The van der Waals surface area contributed by atoms with E-state index in [9.17, 15) is 4.79 Å². The summed E-state index contributed by atoms with van der Waals surface area (Å²) < 4.78 is 12.4. The van der Waals surface area contributed by atoms with Crippen LogP contribution >= 0.6 is 22.9 Å². The van der Waals surface area contributed by atoms with Gasteiger partial charge in [-0.1, -0.05) is 35.4 Å². The molecule has 0 aliphatic carbocycles. The number of aryl methyl sites for hydroxylation is 2. The lowest BCUT2D eigenvalue weighted by atomic mass is 10.1. The van der Waals surface area contributed by atoms with Gasteiger partial charge in [0.15, 0.2) is 18.1 Å². The number of ether oxygens (including phenoxy) is 2. The molecular weight excluding hydrogens is 530 g/mol. The standard InChI is InChI=1S/C31H28ClN3O3S/c1-19-4-9-24(10-5-19)34-30(36)18-38-28-16-25(32)22(15-27(28)37-3)17-33-23-11-7-21(8-12-23)31-35-26-13-6-20(2)14-29(26)39-31/h4-16,33H,17-18H2,1-3H3,(H,34,36). The molecule has 0 bridgehead atoms. The minimum Gasteiger partial charge on any atom is -0.493 e. The topological polar surface area (TPSA) is 72.5 Å². The van der Waals surface area contributed by atoms with Crippen molar-refractivity contribution in [1.29, 1.82) is 0 Å². The quantitative estimate of drug-likeness (QED) is 0.193. The van der Waals surface area contributed by atoms with E-state index >= 15 is 0 Å². The third-order valence-electron chi connectivity index (χ3n) is 6.19. The van der Waals surface area contributed by atoms with Crippen LogP contribution in [-0.2, 0) is 11.3 Å². The number of fused-ring (bicyclic) bond motifs is 1. The molecule has 198 valence electrons. The lowest BCUT2D eigenvalue weighted by molar-refractivity contribution is -0.118. The Morgan fingerprint density at radius 3 is 2.36 bits per heavy atom. The maximum atomic E-state index is 12.3. The SMILES string of the molecule is COc1cc(CNc2ccc(-c3nc4ccc(C)cc4s3)cc2)c(Cl)cc1OCC(=O)Nc1ccc(C)cc1. The van der Waals surface area contributed by atoms with Gasteiger partial charge >= 0.3 is 0 Å². The number of aromatic nitrogens is 1. The number of carbonyl (C=O) groups excluding carboxylic acids is 1. The van der Waals surface area contributed by atoms with E-state index in [0.29, 0.717) is 28.8 Å². The average Bonchev–Trinajstić information content (AvgIpc) is 3.36. The van der Waals surface area contributed by atoms with Gasteiger partial charge in [0.25, 0.3) is 5.91 Å². The van der Waals surface area contributed by atoms with Gasteiger partial charge in [0.2, 0.25) is 0 Å². The minimum absolute atomic E-state index is 0.168. The summed E-state index contributed by atoms with van der Waals surface area (Å²) in [6.45, 7) is 4.40. The van der Waals surface area contributed by atoms with Gasteiger partial charge in [-0.15, -0.1) is 11.3 Å². The van der Waals surface area contributed by atoms with Gasteiger partial charge in [-0.2, -0.15) is 0 Å². The predicted octanol–water partition coefficient (Wildman–Crippen LogP) is 7.87. The normalized spacial score (nSPS) is 10.9. The summed E-state index contributed by atoms with van der Waals surface area (Å²) in [5.74, 6) is 0.633. The Balaban J connectivity index is 1.20. The van der Waals surface area contributed by atoms with E-state index in [1.807, 2.05) is 49.4 Å². The molecule has 0 aliphatic heterocycles. The van der Waals surface area contributed by atoms with Gasteiger partial charge in [0, 0.05) is 34.6 Å². The number of anilines is 2. The Hall–Kier alpha value is -4.07. The number of hydrogen-bond donors (Lipinski definition) is 2. The van der Waals surface area contributed by atoms with Crippen molar-refractivity contribution in [1.82, 2.24) is 4.98 Å². The monoisotopic (exact) mass is 557 g/mol. The lowest BCUT2D eigenvalue weighted by Crippen LogP contribution is -2.20. The Kier molecular flexibility index (Phi) is 8.00. The van der Waals surface area contributed by atoms with Crippen LogP contribution in [0.4, 0.5) is 11.4 Å². The fraction of sp³-hybridized carbons (Fsp3) is 0.161. The van der Waals surface area contributed by atoms with Crippen molar-refractivity contribution in [2.45, 2.75) is 20.4 Å². The third-order valence-corrected chi connectivity index (χ3v) is 7.60. The fourth-order valence-electron chi connectivity index (χ4n) is 4.05. The van der Waals surface area contributed by atoms with Gasteiger partial charge in [0.1, 0.15) is 5.01 Å². The number of amides is 1. The number of halogens is 1. The Morgan fingerprint density at radius 2 is 1.62 bits per heavy atom. The number of nitrogens with zero attached hydrogens (tertiary/aromatic N) is 1. The molecule has 5 aromatic rings. The first-order valence-electron chi connectivity index (χ1n) is 12.4. The number of nitrogens with one attached hydrogen (secondary N) is 2. The molecule has 0 fully saturated rings. The first-order valence-corrected chi connectivity index (χ1v) is 13.6. The van der Waals surface area contributed by atoms with Crippen molar-refractivity contribution >= 4 is 50.4 Å². The molecule has 1 amide bonds. The van der Waals surface area contributed by atoms with Crippen molar-refractivity contribution in [3.05, 3.63) is 101 Å². The van der Waals surface area contributed by atoms with Crippen LogP contribution in [0.15, 0.2) is 78.9 Å². The molecule has 0 saturated heterocycles. The van der Waals surface area contributed by atoms with Crippen LogP contribution in [0.1, 0.15) is 16.7 Å². The van der Waals surface area contributed by atoms with E-state index in [-0.39, 0.29) is 12.5 Å². The van der Waals surface area contributed by atoms with Gasteiger partial charge in [0.05, 0.1) is 17.3 Å². The molecular formula is C31H28ClN3O3S. The molecule has 8 heteroatoms. The van der Waals surface area contributed by atoms with Crippen molar-refractivity contribution < 1.29 is 14.3 Å². The molecule has 0 radical (unpaired) electrons. The second-order valence-electron chi connectivity index (χ2n) is 9.22. The average molecular weight is 558 g/mol. The first-order chi connectivity index (χ1) is 18.9.